The molecule has 0 aliphatic carbocycles. The molecule has 0 aromatic heterocycles. The van der Waals surface area contributed by atoms with Crippen LogP contribution in [0.2, 0.25) is 0 Å². The third-order valence-corrected chi connectivity index (χ3v) is 5.04. The van der Waals surface area contributed by atoms with Gasteiger partial charge < -0.3 is 10.6 Å². The van der Waals surface area contributed by atoms with Crippen molar-refractivity contribution in [2.24, 2.45) is 5.73 Å². The van der Waals surface area contributed by atoms with Crippen molar-refractivity contribution in [3.05, 3.63) is 0 Å². The SMILES string of the molecule is CCN(C(=O)CCC(C)(C)N)C1CCS(=O)(=O)C1. The summed E-state index contributed by atoms with van der Waals surface area (Å²) in [6.07, 6.45) is 1.56. The summed E-state index contributed by atoms with van der Waals surface area (Å²) in [4.78, 5) is 13.8. The van der Waals surface area contributed by atoms with Gasteiger partial charge in [-0.25, -0.2) is 8.42 Å². The fourth-order valence-corrected chi connectivity index (χ4v) is 3.96. The van der Waals surface area contributed by atoms with Crippen LogP contribution >= 0.6 is 0 Å². The predicted octanol–water partition coefficient (Wildman–Crippen LogP) is 0.540. The summed E-state index contributed by atoms with van der Waals surface area (Å²) in [6.45, 7) is 6.22. The van der Waals surface area contributed by atoms with Gasteiger partial charge in [-0.2, -0.15) is 0 Å². The normalized spacial score (nSPS) is 23.0. The van der Waals surface area contributed by atoms with E-state index in [4.69, 9.17) is 5.73 Å². The van der Waals surface area contributed by atoms with Crippen molar-refractivity contribution in [2.45, 2.75) is 51.6 Å². The smallest absolute Gasteiger partial charge is 0.222 e. The number of nitrogens with two attached hydrogens (primary N) is 1. The van der Waals surface area contributed by atoms with E-state index >= 15 is 0 Å². The maximum absolute atomic E-state index is 12.1. The second-order valence-electron chi connectivity index (χ2n) is 5.73. The van der Waals surface area contributed by atoms with Crippen LogP contribution in [0.3, 0.4) is 0 Å². The number of rotatable bonds is 5. The van der Waals surface area contributed by atoms with Gasteiger partial charge in [0, 0.05) is 24.5 Å². The van der Waals surface area contributed by atoms with Crippen molar-refractivity contribution in [1.82, 2.24) is 4.90 Å². The lowest BCUT2D eigenvalue weighted by molar-refractivity contribution is -0.133. The van der Waals surface area contributed by atoms with Crippen molar-refractivity contribution in [2.75, 3.05) is 18.1 Å². The molecule has 0 radical (unpaired) electrons. The Labute approximate surface area is 110 Å². The molecule has 1 rings (SSSR count). The molecule has 0 aromatic rings. The Bertz CT molecular complexity index is 398. The van der Waals surface area contributed by atoms with Gasteiger partial charge in [0.25, 0.3) is 0 Å². The first-order valence-electron chi connectivity index (χ1n) is 6.43. The second-order valence-corrected chi connectivity index (χ2v) is 7.95. The van der Waals surface area contributed by atoms with Crippen molar-refractivity contribution in [1.29, 1.82) is 0 Å². The van der Waals surface area contributed by atoms with Gasteiger partial charge in [-0.3, -0.25) is 4.79 Å². The van der Waals surface area contributed by atoms with E-state index in [1.54, 1.807) is 4.90 Å². The van der Waals surface area contributed by atoms with Gasteiger partial charge in [0.15, 0.2) is 9.84 Å². The van der Waals surface area contributed by atoms with Crippen LogP contribution in [0.15, 0.2) is 0 Å². The van der Waals surface area contributed by atoms with Crippen molar-refractivity contribution < 1.29 is 13.2 Å². The highest BCUT2D eigenvalue weighted by Crippen LogP contribution is 2.19. The molecule has 0 bridgehead atoms. The molecule has 1 heterocycles. The summed E-state index contributed by atoms with van der Waals surface area (Å²) in [5, 5.41) is 0. The highest BCUT2D eigenvalue weighted by molar-refractivity contribution is 7.91. The van der Waals surface area contributed by atoms with Crippen LogP contribution in [0.25, 0.3) is 0 Å². The topological polar surface area (TPSA) is 80.5 Å². The van der Waals surface area contributed by atoms with E-state index < -0.39 is 9.84 Å². The molecule has 2 N–H and O–H groups in total. The number of hydrogen-bond acceptors (Lipinski definition) is 4. The molecule has 106 valence electrons. The number of nitrogens with zero attached hydrogens (tertiary/aromatic N) is 1. The lowest BCUT2D eigenvalue weighted by atomic mass is 9.99. The summed E-state index contributed by atoms with van der Waals surface area (Å²) in [6, 6.07) is -0.145. The maximum Gasteiger partial charge on any atom is 0.222 e. The van der Waals surface area contributed by atoms with E-state index in [-0.39, 0.29) is 29.0 Å². The molecule has 6 heteroatoms. The zero-order chi connectivity index (χ0) is 14.0. The van der Waals surface area contributed by atoms with Gasteiger partial charge in [-0.15, -0.1) is 0 Å². The molecule has 0 spiro atoms. The van der Waals surface area contributed by atoms with E-state index in [0.29, 0.717) is 25.8 Å². The molecular weight excluding hydrogens is 252 g/mol. The molecule has 1 amide bonds. The van der Waals surface area contributed by atoms with E-state index in [9.17, 15) is 13.2 Å². The lowest BCUT2D eigenvalue weighted by Gasteiger charge is -2.28. The predicted molar refractivity (Wildman–Crippen MR) is 71.9 cm³/mol. The summed E-state index contributed by atoms with van der Waals surface area (Å²) < 4.78 is 22.9. The molecule has 1 fully saturated rings. The van der Waals surface area contributed by atoms with Crippen LogP contribution in [0, 0.1) is 0 Å². The van der Waals surface area contributed by atoms with Crippen LogP contribution in [0.1, 0.15) is 40.0 Å². The second kappa shape index (κ2) is 5.57. The zero-order valence-electron chi connectivity index (χ0n) is 11.5. The number of hydrogen-bond donors (Lipinski definition) is 1. The standard InChI is InChI=1S/C12H24N2O3S/c1-4-14(10-6-8-18(16,17)9-10)11(15)5-7-12(2,3)13/h10H,4-9,13H2,1-3H3. The first-order chi connectivity index (χ1) is 8.14. The number of sulfone groups is 1. The Balaban J connectivity index is 2.59. The van der Waals surface area contributed by atoms with Crippen molar-refractivity contribution >= 4 is 15.7 Å². The monoisotopic (exact) mass is 276 g/mol. The zero-order valence-corrected chi connectivity index (χ0v) is 12.3. The summed E-state index contributed by atoms with van der Waals surface area (Å²) in [7, 11) is -2.95. The first kappa shape index (κ1) is 15.4. The summed E-state index contributed by atoms with van der Waals surface area (Å²) >= 11 is 0. The molecule has 0 saturated carbocycles. The Morgan fingerprint density at radius 2 is 2.06 bits per heavy atom. The van der Waals surface area contributed by atoms with Gasteiger partial charge in [-0.1, -0.05) is 0 Å². The van der Waals surface area contributed by atoms with Crippen LogP contribution in [-0.4, -0.2) is 48.9 Å². The quantitative estimate of drug-likeness (QED) is 0.794. The fourth-order valence-electron chi connectivity index (χ4n) is 2.23. The summed E-state index contributed by atoms with van der Waals surface area (Å²) in [5.41, 5.74) is 5.49. The number of amides is 1. The minimum absolute atomic E-state index is 0.0122. The molecule has 1 unspecified atom stereocenters. The molecular formula is C12H24N2O3S. The Kier molecular flexibility index (Phi) is 4.78. The van der Waals surface area contributed by atoms with Crippen LogP contribution in [-0.2, 0) is 14.6 Å². The number of carbonyl (C=O) groups is 1. The molecule has 18 heavy (non-hydrogen) atoms. The molecule has 1 saturated heterocycles. The molecule has 5 nitrogen and oxygen atoms in total. The highest BCUT2D eigenvalue weighted by atomic mass is 32.2. The molecule has 1 aliphatic rings. The average Bonchev–Trinajstić information content (AvgIpc) is 2.56. The Morgan fingerprint density at radius 1 is 1.44 bits per heavy atom. The van der Waals surface area contributed by atoms with Gasteiger partial charge in [0.2, 0.25) is 5.91 Å². The summed E-state index contributed by atoms with van der Waals surface area (Å²) in [5.74, 6) is 0.320. The van der Waals surface area contributed by atoms with Gasteiger partial charge in [0.1, 0.15) is 0 Å². The minimum atomic E-state index is -2.95. The van der Waals surface area contributed by atoms with Crippen molar-refractivity contribution in [3.8, 4) is 0 Å². The van der Waals surface area contributed by atoms with Gasteiger partial charge in [-0.05, 0) is 33.6 Å². The Hall–Kier alpha value is -0.620. The fraction of sp³-hybridized carbons (Fsp3) is 0.917. The third kappa shape index (κ3) is 4.57. The minimum Gasteiger partial charge on any atom is -0.339 e. The van der Waals surface area contributed by atoms with E-state index in [1.807, 2.05) is 20.8 Å². The van der Waals surface area contributed by atoms with Crippen LogP contribution in [0.5, 0.6) is 0 Å². The van der Waals surface area contributed by atoms with Crippen LogP contribution in [0.4, 0.5) is 0 Å². The molecule has 1 aliphatic heterocycles. The van der Waals surface area contributed by atoms with Gasteiger partial charge in [0.05, 0.1) is 11.5 Å². The third-order valence-electron chi connectivity index (χ3n) is 3.29. The first-order valence-corrected chi connectivity index (χ1v) is 8.25. The van der Waals surface area contributed by atoms with Crippen molar-refractivity contribution in [3.63, 3.8) is 0 Å². The van der Waals surface area contributed by atoms with E-state index in [1.165, 1.54) is 0 Å². The largest absolute Gasteiger partial charge is 0.339 e. The maximum atomic E-state index is 12.1. The average molecular weight is 276 g/mol. The Morgan fingerprint density at radius 3 is 2.44 bits per heavy atom. The molecule has 1 atom stereocenters. The lowest BCUT2D eigenvalue weighted by Crippen LogP contribution is -2.42. The van der Waals surface area contributed by atoms with E-state index in [0.717, 1.165) is 0 Å². The van der Waals surface area contributed by atoms with Gasteiger partial charge >= 0.3 is 0 Å². The highest BCUT2D eigenvalue weighted by Gasteiger charge is 2.33. The molecule has 0 aromatic carbocycles. The number of carbonyl (C=O) groups excluding carboxylic acids is 1. The van der Waals surface area contributed by atoms with Crippen LogP contribution < -0.4 is 5.73 Å². The van der Waals surface area contributed by atoms with E-state index in [2.05, 4.69) is 0 Å².